The molecular weight excluding hydrogens is 736 g/mol. The number of allylic oxidation sites excluding steroid dienone is 2. The maximum atomic E-state index is 14.5. The number of esters is 1. The number of benzene rings is 2. The van der Waals surface area contributed by atoms with E-state index in [-0.39, 0.29) is 49.1 Å². The number of carbonyl (C=O) groups excluding carboxylic acids is 3. The number of anilines is 1. The van der Waals surface area contributed by atoms with Crippen LogP contribution in [-0.4, -0.2) is 100 Å². The SMILES string of the molecule is CC[N+](CC)(CC)c1c2c(O)c3c(O)c(C)c4c(c3c1O)C(=O)C(C)(O/C=C/C(OC)C(C)C(OC(C)=O)C(C)C(O)C(C)C(O)C(C)/C=C/C=C(/C)C(=O)N2)O4. The summed E-state index contributed by atoms with van der Waals surface area (Å²) in [5.41, 5.74) is 0.185. The molecule has 14 heteroatoms. The minimum atomic E-state index is -2.02. The average Bonchev–Trinajstić information content (AvgIpc) is 3.44. The monoisotopic (exact) mass is 797 g/mol. The topological polar surface area (TPSA) is 201 Å². The number of hydrogen-bond donors (Lipinski definition) is 6. The van der Waals surface area contributed by atoms with Gasteiger partial charge in [-0.2, -0.15) is 0 Å². The van der Waals surface area contributed by atoms with Gasteiger partial charge in [-0.25, -0.2) is 0 Å². The lowest BCUT2D eigenvalue weighted by atomic mass is 9.78. The Bertz CT molecular complexity index is 1960. The van der Waals surface area contributed by atoms with Gasteiger partial charge in [0.1, 0.15) is 17.6 Å². The fourth-order valence-electron chi connectivity index (χ4n) is 8.31. The maximum absolute atomic E-state index is 14.5. The fraction of sp³-hybridized carbons (Fsp3) is 0.558. The number of aromatic hydroxyl groups is 3. The lowest BCUT2D eigenvalue weighted by Gasteiger charge is -2.38. The molecule has 3 heterocycles. The van der Waals surface area contributed by atoms with Crippen molar-refractivity contribution < 1.29 is 58.9 Å². The molecule has 9 unspecified atom stereocenters. The zero-order chi connectivity index (χ0) is 42.9. The molecule has 1 amide bonds. The molecule has 0 spiro atoms. The highest BCUT2D eigenvalue weighted by atomic mass is 16.7. The van der Waals surface area contributed by atoms with Crippen LogP contribution in [0, 0.1) is 30.6 Å². The molecule has 14 nitrogen and oxygen atoms in total. The van der Waals surface area contributed by atoms with Gasteiger partial charge >= 0.3 is 11.8 Å². The van der Waals surface area contributed by atoms with Gasteiger partial charge in [-0.3, -0.25) is 18.9 Å². The first-order valence-corrected chi connectivity index (χ1v) is 19.6. The first-order valence-electron chi connectivity index (χ1n) is 19.6. The summed E-state index contributed by atoms with van der Waals surface area (Å²) in [5, 5.41) is 61.3. The van der Waals surface area contributed by atoms with Crippen molar-refractivity contribution in [2.75, 3.05) is 32.1 Å². The molecule has 9 atom stereocenters. The number of amides is 1. The number of hydrogen-bond acceptors (Lipinski definition) is 12. The number of nitrogens with zero attached hydrogens (tertiary/aromatic N) is 1. The van der Waals surface area contributed by atoms with E-state index in [1.54, 1.807) is 46.8 Å². The largest absolute Gasteiger partial charge is 0.507 e. The number of quaternary nitrogens is 1. The first-order chi connectivity index (χ1) is 26.7. The number of fused-ring (bicyclic) bond motifs is 14. The van der Waals surface area contributed by atoms with Crippen LogP contribution in [0.15, 0.2) is 36.1 Å². The van der Waals surface area contributed by atoms with Crippen molar-refractivity contribution in [2.45, 2.75) is 106 Å². The van der Waals surface area contributed by atoms with Crippen LogP contribution in [0.2, 0.25) is 0 Å². The van der Waals surface area contributed by atoms with E-state index in [1.807, 2.05) is 20.8 Å². The predicted octanol–water partition coefficient (Wildman–Crippen LogP) is 6.12. The van der Waals surface area contributed by atoms with Crippen LogP contribution in [0.3, 0.4) is 0 Å². The Labute approximate surface area is 335 Å². The number of rotatable bonds is 6. The van der Waals surface area contributed by atoms with Crippen molar-refractivity contribution in [3.8, 4) is 23.0 Å². The molecule has 2 aromatic rings. The van der Waals surface area contributed by atoms with Crippen molar-refractivity contribution in [3.05, 3.63) is 47.3 Å². The zero-order valence-corrected chi connectivity index (χ0v) is 35.2. The second kappa shape index (κ2) is 17.5. The molecule has 314 valence electrons. The smallest absolute Gasteiger partial charge is 0.312 e. The van der Waals surface area contributed by atoms with Gasteiger partial charge in [0.15, 0.2) is 17.2 Å². The molecule has 0 fully saturated rings. The summed E-state index contributed by atoms with van der Waals surface area (Å²) < 4.78 is 23.8. The quantitative estimate of drug-likeness (QED) is 0.0848. The van der Waals surface area contributed by atoms with E-state index in [2.05, 4.69) is 5.32 Å². The Morgan fingerprint density at radius 2 is 1.51 bits per heavy atom. The summed E-state index contributed by atoms with van der Waals surface area (Å²) in [6, 6.07) is 0. The van der Waals surface area contributed by atoms with Crippen LogP contribution in [0.25, 0.3) is 10.8 Å². The number of phenolic OH excluding ortho intramolecular Hbond substituents is 3. The normalized spacial score (nSPS) is 30.9. The van der Waals surface area contributed by atoms with Crippen LogP contribution in [-0.2, 0) is 23.8 Å². The highest BCUT2D eigenvalue weighted by Crippen LogP contribution is 2.58. The summed E-state index contributed by atoms with van der Waals surface area (Å²) in [6.45, 7) is 19.6. The number of Topliss-reactive ketones (excluding diaryl/α,β-unsaturated/α-hetero) is 1. The van der Waals surface area contributed by atoms with Crippen molar-refractivity contribution in [2.24, 2.45) is 23.7 Å². The molecule has 0 aliphatic carbocycles. The average molecular weight is 798 g/mol. The molecule has 3 aliphatic heterocycles. The van der Waals surface area contributed by atoms with E-state index in [4.69, 9.17) is 18.9 Å². The molecule has 5 rings (SSSR count). The van der Waals surface area contributed by atoms with Crippen molar-refractivity contribution >= 4 is 39.8 Å². The second-order valence-electron chi connectivity index (χ2n) is 15.6. The van der Waals surface area contributed by atoms with Crippen molar-refractivity contribution in [1.82, 2.24) is 4.48 Å². The molecule has 0 radical (unpaired) electrons. The Morgan fingerprint density at radius 1 is 0.895 bits per heavy atom. The second-order valence-corrected chi connectivity index (χ2v) is 15.6. The standard InChI is InChI=1S/C43H60N2O12/c1-13-45(14-2,15-3)33-32-37(50)30-29(38(33)51)31-40(26(9)36(30)49)57-43(11,41(31)52)55-20-19-28(54-12)23(6)39(56-27(10)46)25(8)35(48)24(7)34(47)21(4)17-16-18-22(5)42(53)44-32/h16-21,23-25,28,34-35,39,47-48H,13-15H2,1-12H3,(H3-,44,49,50,51,52,53)/p+1/b17-16+,20-19+,22-18-. The van der Waals surface area contributed by atoms with Gasteiger partial charge < -0.3 is 49.8 Å². The van der Waals surface area contributed by atoms with Crippen LogP contribution < -0.4 is 14.5 Å². The van der Waals surface area contributed by atoms with Crippen LogP contribution >= 0.6 is 0 Å². The predicted molar refractivity (Wildman–Crippen MR) is 217 cm³/mol. The number of ketones is 1. The third kappa shape index (κ3) is 8.09. The van der Waals surface area contributed by atoms with Gasteiger partial charge in [-0.15, -0.1) is 0 Å². The highest BCUT2D eigenvalue weighted by Gasteiger charge is 2.51. The zero-order valence-electron chi connectivity index (χ0n) is 35.2. The number of ether oxygens (including phenoxy) is 4. The minimum Gasteiger partial charge on any atom is -0.507 e. The molecule has 57 heavy (non-hydrogen) atoms. The molecule has 5 bridgehead atoms. The Morgan fingerprint density at radius 3 is 2.07 bits per heavy atom. The van der Waals surface area contributed by atoms with E-state index in [0.717, 1.165) is 0 Å². The van der Waals surface area contributed by atoms with E-state index in [1.165, 1.54) is 46.3 Å². The number of methoxy groups -OCH3 is 1. The number of nitrogens with one attached hydrogen (secondary N) is 1. The van der Waals surface area contributed by atoms with E-state index >= 15 is 0 Å². The van der Waals surface area contributed by atoms with Crippen molar-refractivity contribution in [3.63, 3.8) is 0 Å². The molecule has 3 aliphatic rings. The van der Waals surface area contributed by atoms with Gasteiger partial charge in [-0.1, -0.05) is 45.9 Å². The summed E-state index contributed by atoms with van der Waals surface area (Å²) in [4.78, 5) is 40.7. The Hall–Kier alpha value is -4.63. The molecular formula is C43H61N2O12+. The number of phenols is 3. The summed E-state index contributed by atoms with van der Waals surface area (Å²) in [5.74, 6) is -7.88. The van der Waals surface area contributed by atoms with Gasteiger partial charge in [0.25, 0.3) is 11.7 Å². The molecule has 0 saturated carbocycles. The molecule has 0 saturated heterocycles. The highest BCUT2D eigenvalue weighted by molar-refractivity contribution is 6.23. The Kier molecular flexibility index (Phi) is 13.8. The van der Waals surface area contributed by atoms with E-state index in [9.17, 15) is 39.9 Å². The lowest BCUT2D eigenvalue weighted by Crippen LogP contribution is -2.49. The Balaban J connectivity index is 2.03. The summed E-state index contributed by atoms with van der Waals surface area (Å²) in [7, 11) is 1.45. The van der Waals surface area contributed by atoms with Crippen molar-refractivity contribution in [1.29, 1.82) is 0 Å². The summed E-state index contributed by atoms with van der Waals surface area (Å²) >= 11 is 0. The summed E-state index contributed by atoms with van der Waals surface area (Å²) in [6.07, 6.45) is 3.72. The minimum absolute atomic E-state index is 0.0584. The van der Waals surface area contributed by atoms with Crippen LogP contribution in [0.4, 0.5) is 11.4 Å². The fourth-order valence-corrected chi connectivity index (χ4v) is 8.31. The van der Waals surface area contributed by atoms with Gasteiger partial charge in [0, 0.05) is 55.8 Å². The van der Waals surface area contributed by atoms with Crippen LogP contribution in [0.5, 0.6) is 23.0 Å². The molecule has 6 N–H and O–H groups in total. The van der Waals surface area contributed by atoms with Gasteiger partial charge in [0.05, 0.1) is 60.5 Å². The van der Waals surface area contributed by atoms with Gasteiger partial charge in [-0.05, 0) is 40.7 Å². The maximum Gasteiger partial charge on any atom is 0.312 e. The third-order valence-electron chi connectivity index (χ3n) is 12.3. The third-order valence-corrected chi connectivity index (χ3v) is 12.3. The molecule has 0 aromatic heterocycles. The van der Waals surface area contributed by atoms with Gasteiger partial charge in [0.2, 0.25) is 5.69 Å². The van der Waals surface area contributed by atoms with E-state index < -0.39 is 88.8 Å². The lowest BCUT2D eigenvalue weighted by molar-refractivity contribution is -0.160. The van der Waals surface area contributed by atoms with Crippen LogP contribution in [0.1, 0.15) is 85.2 Å². The molecule has 2 aromatic carbocycles. The number of carbonyl (C=O) groups is 3. The van der Waals surface area contributed by atoms with E-state index in [0.29, 0.717) is 19.6 Å². The number of aliphatic hydroxyl groups is 2. The first kappa shape index (κ1) is 45.1. The number of aliphatic hydroxyl groups excluding tert-OH is 2.